The van der Waals surface area contributed by atoms with Gasteiger partial charge in [0.05, 0.1) is 23.4 Å². The number of carbonyl (C=O) groups is 1. The van der Waals surface area contributed by atoms with Crippen molar-refractivity contribution < 1.29 is 18.3 Å². The zero-order valence-electron chi connectivity index (χ0n) is 14.1. The van der Waals surface area contributed by atoms with Crippen molar-refractivity contribution in [3.8, 4) is 5.75 Å². The van der Waals surface area contributed by atoms with Crippen molar-refractivity contribution in [2.24, 2.45) is 0 Å². The summed E-state index contributed by atoms with van der Waals surface area (Å²) in [7, 11) is 1.53. The number of rotatable bonds is 5. The second-order valence-corrected chi connectivity index (χ2v) is 5.89. The summed E-state index contributed by atoms with van der Waals surface area (Å²) in [6.45, 7) is 0. The van der Waals surface area contributed by atoms with Crippen molar-refractivity contribution in [3.05, 3.63) is 76.9 Å². The maximum absolute atomic E-state index is 13.6. The lowest BCUT2D eigenvalue weighted by atomic mass is 10.2. The number of hydrogen-bond acceptors (Lipinski definition) is 4. The van der Waals surface area contributed by atoms with E-state index in [1.165, 1.54) is 19.4 Å². The number of carbonyl (C=O) groups excluding carboxylic acids is 1. The zero-order valence-corrected chi connectivity index (χ0v) is 14.8. The standard InChI is InChI=1S/C19H14ClF2N3O2/c1-27-17-6-4-13(9-14(17)20)24-18-7-2-11(10-23-18)19(26)25-16-5-3-12(21)8-15(16)22/h2-10H,1H3,(H,23,24)(H,25,26). The number of pyridine rings is 1. The molecule has 0 aliphatic carbocycles. The topological polar surface area (TPSA) is 63.2 Å². The fraction of sp³-hybridized carbons (Fsp3) is 0.0526. The van der Waals surface area contributed by atoms with E-state index >= 15 is 0 Å². The minimum atomic E-state index is -0.856. The molecule has 5 nitrogen and oxygen atoms in total. The van der Waals surface area contributed by atoms with Crippen LogP contribution in [-0.2, 0) is 0 Å². The van der Waals surface area contributed by atoms with Crippen LogP contribution >= 0.6 is 11.6 Å². The Morgan fingerprint density at radius 3 is 2.56 bits per heavy atom. The van der Waals surface area contributed by atoms with Gasteiger partial charge in [-0.15, -0.1) is 0 Å². The smallest absolute Gasteiger partial charge is 0.257 e. The highest BCUT2D eigenvalue weighted by Crippen LogP contribution is 2.28. The fourth-order valence-corrected chi connectivity index (χ4v) is 2.54. The third kappa shape index (κ3) is 4.51. The third-order valence-electron chi connectivity index (χ3n) is 3.63. The molecule has 0 fully saturated rings. The van der Waals surface area contributed by atoms with Gasteiger partial charge < -0.3 is 15.4 Å². The van der Waals surface area contributed by atoms with Gasteiger partial charge in [0, 0.05) is 18.0 Å². The number of anilines is 3. The number of amides is 1. The molecule has 0 saturated carbocycles. The molecule has 0 bridgehead atoms. The van der Waals surface area contributed by atoms with Gasteiger partial charge >= 0.3 is 0 Å². The van der Waals surface area contributed by atoms with E-state index in [9.17, 15) is 13.6 Å². The third-order valence-corrected chi connectivity index (χ3v) is 3.92. The Balaban J connectivity index is 1.69. The molecule has 0 saturated heterocycles. The molecule has 27 heavy (non-hydrogen) atoms. The minimum absolute atomic E-state index is 0.114. The molecule has 1 amide bonds. The first-order valence-electron chi connectivity index (χ1n) is 7.79. The quantitative estimate of drug-likeness (QED) is 0.643. The van der Waals surface area contributed by atoms with Crippen molar-refractivity contribution in [2.75, 3.05) is 17.7 Å². The maximum atomic E-state index is 13.6. The van der Waals surface area contributed by atoms with E-state index in [1.54, 1.807) is 24.3 Å². The monoisotopic (exact) mass is 389 g/mol. The molecule has 3 rings (SSSR count). The fourth-order valence-electron chi connectivity index (χ4n) is 2.28. The van der Waals surface area contributed by atoms with Crippen LogP contribution in [0.5, 0.6) is 5.75 Å². The van der Waals surface area contributed by atoms with E-state index < -0.39 is 17.5 Å². The van der Waals surface area contributed by atoms with Crippen molar-refractivity contribution in [1.82, 2.24) is 4.98 Å². The van der Waals surface area contributed by atoms with Gasteiger partial charge in [0.1, 0.15) is 23.2 Å². The molecule has 0 aliphatic heterocycles. The van der Waals surface area contributed by atoms with Crippen LogP contribution in [0.1, 0.15) is 10.4 Å². The van der Waals surface area contributed by atoms with Crippen LogP contribution in [0.15, 0.2) is 54.7 Å². The Kier molecular flexibility index (Phi) is 5.52. The van der Waals surface area contributed by atoms with Crippen LogP contribution in [0.2, 0.25) is 5.02 Å². The summed E-state index contributed by atoms with van der Waals surface area (Å²) < 4.78 is 31.6. The summed E-state index contributed by atoms with van der Waals surface area (Å²) in [4.78, 5) is 16.3. The average molecular weight is 390 g/mol. The molecule has 8 heteroatoms. The van der Waals surface area contributed by atoms with Crippen molar-refractivity contribution >= 4 is 34.7 Å². The number of nitrogens with one attached hydrogen (secondary N) is 2. The lowest BCUT2D eigenvalue weighted by Crippen LogP contribution is -2.13. The van der Waals surface area contributed by atoms with Crippen LogP contribution < -0.4 is 15.4 Å². The number of halogens is 3. The number of nitrogens with zero attached hydrogens (tertiary/aromatic N) is 1. The number of ether oxygens (including phenoxy) is 1. The Bertz CT molecular complexity index is 981. The molecule has 0 radical (unpaired) electrons. The summed E-state index contributed by atoms with van der Waals surface area (Å²) in [6.07, 6.45) is 1.34. The molecule has 0 unspecified atom stereocenters. The lowest BCUT2D eigenvalue weighted by Gasteiger charge is -2.09. The Hall–Kier alpha value is -3.19. The lowest BCUT2D eigenvalue weighted by molar-refractivity contribution is 0.102. The highest BCUT2D eigenvalue weighted by atomic mass is 35.5. The summed E-state index contributed by atoms with van der Waals surface area (Å²) in [5.41, 5.74) is 0.799. The molecule has 0 spiro atoms. The maximum Gasteiger partial charge on any atom is 0.257 e. The zero-order chi connectivity index (χ0) is 19.4. The van der Waals surface area contributed by atoms with E-state index in [4.69, 9.17) is 16.3 Å². The summed E-state index contributed by atoms with van der Waals surface area (Å²) >= 11 is 6.07. The van der Waals surface area contributed by atoms with Gasteiger partial charge in [0.25, 0.3) is 5.91 Å². The van der Waals surface area contributed by atoms with E-state index in [0.717, 1.165) is 12.1 Å². The van der Waals surface area contributed by atoms with E-state index in [1.807, 2.05) is 0 Å². The van der Waals surface area contributed by atoms with Crippen LogP contribution in [0, 0.1) is 11.6 Å². The molecule has 0 aliphatic rings. The van der Waals surface area contributed by atoms with Crippen molar-refractivity contribution in [2.45, 2.75) is 0 Å². The first kappa shape index (κ1) is 18.6. The molecule has 2 N–H and O–H groups in total. The predicted octanol–water partition coefficient (Wildman–Crippen LogP) is 5.02. The van der Waals surface area contributed by atoms with E-state index in [-0.39, 0.29) is 11.3 Å². The Morgan fingerprint density at radius 1 is 1.11 bits per heavy atom. The van der Waals surface area contributed by atoms with Crippen molar-refractivity contribution in [1.29, 1.82) is 0 Å². The molecule has 1 aromatic heterocycles. The van der Waals surface area contributed by atoms with E-state index in [2.05, 4.69) is 15.6 Å². The van der Waals surface area contributed by atoms with E-state index in [0.29, 0.717) is 28.3 Å². The average Bonchev–Trinajstić information content (AvgIpc) is 2.65. The number of benzene rings is 2. The van der Waals surface area contributed by atoms with Gasteiger partial charge in [0.2, 0.25) is 0 Å². The molecular weight excluding hydrogens is 376 g/mol. The largest absolute Gasteiger partial charge is 0.495 e. The summed E-state index contributed by atoms with van der Waals surface area (Å²) in [5.74, 6) is -1.10. The summed E-state index contributed by atoms with van der Waals surface area (Å²) in [5, 5.41) is 5.86. The van der Waals surface area contributed by atoms with Gasteiger partial charge in [-0.25, -0.2) is 13.8 Å². The first-order valence-corrected chi connectivity index (χ1v) is 8.17. The van der Waals surface area contributed by atoms with Gasteiger partial charge in [-0.3, -0.25) is 4.79 Å². The second kappa shape index (κ2) is 8.01. The summed E-state index contributed by atoms with van der Waals surface area (Å²) in [6, 6.07) is 11.2. The number of aromatic nitrogens is 1. The van der Waals surface area contributed by atoms with Gasteiger partial charge in [-0.2, -0.15) is 0 Å². The van der Waals surface area contributed by atoms with Gasteiger partial charge in [-0.1, -0.05) is 11.6 Å². The van der Waals surface area contributed by atoms with Gasteiger partial charge in [-0.05, 0) is 42.5 Å². The highest BCUT2D eigenvalue weighted by Gasteiger charge is 2.11. The normalized spacial score (nSPS) is 10.4. The molecule has 3 aromatic rings. The van der Waals surface area contributed by atoms with Crippen LogP contribution in [0.3, 0.4) is 0 Å². The SMILES string of the molecule is COc1ccc(Nc2ccc(C(=O)Nc3ccc(F)cc3F)cn2)cc1Cl. The molecule has 0 atom stereocenters. The molecule has 138 valence electrons. The molecular formula is C19H14ClF2N3O2. The Morgan fingerprint density at radius 2 is 1.93 bits per heavy atom. The van der Waals surface area contributed by atoms with Gasteiger partial charge in [0.15, 0.2) is 0 Å². The number of methoxy groups -OCH3 is 1. The second-order valence-electron chi connectivity index (χ2n) is 5.48. The van der Waals surface area contributed by atoms with Crippen molar-refractivity contribution in [3.63, 3.8) is 0 Å². The highest BCUT2D eigenvalue weighted by molar-refractivity contribution is 6.32. The predicted molar refractivity (Wildman–Crippen MR) is 99.8 cm³/mol. The molecule has 2 aromatic carbocycles. The van der Waals surface area contributed by atoms with Crippen LogP contribution in [0.25, 0.3) is 0 Å². The molecule has 1 heterocycles. The van der Waals surface area contributed by atoms with Crippen LogP contribution in [-0.4, -0.2) is 18.0 Å². The number of hydrogen-bond donors (Lipinski definition) is 2. The Labute approximate surface area is 159 Å². The first-order chi connectivity index (χ1) is 13.0. The van der Waals surface area contributed by atoms with Crippen LogP contribution in [0.4, 0.5) is 26.0 Å². The minimum Gasteiger partial charge on any atom is -0.495 e.